The number of hydrogen-bond acceptors (Lipinski definition) is 7. The second-order valence-electron chi connectivity index (χ2n) is 11.1. The highest BCUT2D eigenvalue weighted by Crippen LogP contribution is 2.44. The summed E-state index contributed by atoms with van der Waals surface area (Å²) in [6.07, 6.45) is -4.49. The van der Waals surface area contributed by atoms with Gasteiger partial charge in [0.2, 0.25) is 0 Å². The van der Waals surface area contributed by atoms with Crippen molar-refractivity contribution in [2.24, 2.45) is 0 Å². The Balaban J connectivity index is 1.86. The minimum Gasteiger partial charge on any atom is -0.507 e. The number of benzene rings is 2. The summed E-state index contributed by atoms with van der Waals surface area (Å²) in [5.41, 5.74) is 3.35. The summed E-state index contributed by atoms with van der Waals surface area (Å²) in [4.78, 5) is 3.01. The molecule has 13 heteroatoms. The number of thiol groups is 1. The number of phenols is 1. The van der Waals surface area contributed by atoms with Crippen LogP contribution >= 0.6 is 24.4 Å². The van der Waals surface area contributed by atoms with Gasteiger partial charge in [-0.2, -0.15) is 22.5 Å². The average Bonchev–Trinajstić information content (AvgIpc) is 2.82. The average molecular weight is 605 g/mol. The van der Waals surface area contributed by atoms with Crippen LogP contribution in [0.4, 0.5) is 37.8 Å². The van der Waals surface area contributed by atoms with Gasteiger partial charge in [-0.05, 0) is 47.2 Å². The second-order valence-corrected chi connectivity index (χ2v) is 12.7. The normalized spacial score (nSPS) is 13.3. The molecule has 0 amide bonds. The van der Waals surface area contributed by atoms with Crippen LogP contribution in [0, 0.1) is 17.6 Å². The number of hydrogen-bond donors (Lipinski definition) is 5. The van der Waals surface area contributed by atoms with Crippen molar-refractivity contribution in [1.29, 1.82) is 0 Å². The number of anilines is 2. The molecule has 5 nitrogen and oxygen atoms in total. The van der Waals surface area contributed by atoms with Gasteiger partial charge in [0.05, 0.1) is 10.5 Å². The standard InChI is InChI=1S/C27H30F6N4OS2/c1-25(2,3)16-11-15(12-17(20(16)38)26(4,5)6)40-21-18(28)22(30)35-23(19(21)29)36-37-24(39)34-14-9-7-13(8-10-14)27(31,32)33/h7-12,24,34,37-39H,1-6H3,(H,35,36)/t24-/m1/s1. The van der Waals surface area contributed by atoms with Gasteiger partial charge in [-0.1, -0.05) is 53.3 Å². The van der Waals surface area contributed by atoms with E-state index in [2.05, 4.69) is 33.8 Å². The summed E-state index contributed by atoms with van der Waals surface area (Å²) in [6, 6.07) is 7.30. The Kier molecular flexibility index (Phi) is 9.22. The molecule has 40 heavy (non-hydrogen) atoms. The van der Waals surface area contributed by atoms with Crippen LogP contribution in [-0.2, 0) is 17.0 Å². The molecule has 0 aliphatic rings. The molecule has 0 unspecified atom stereocenters. The number of aromatic nitrogens is 1. The van der Waals surface area contributed by atoms with Crippen molar-refractivity contribution >= 4 is 35.9 Å². The molecule has 3 rings (SSSR count). The number of aromatic hydroxyl groups is 1. The molecule has 218 valence electrons. The Morgan fingerprint density at radius 1 is 0.875 bits per heavy atom. The third-order valence-corrected chi connectivity index (χ3v) is 7.05. The lowest BCUT2D eigenvalue weighted by Gasteiger charge is -2.28. The summed E-state index contributed by atoms with van der Waals surface area (Å²) >= 11 is 4.82. The zero-order valence-electron chi connectivity index (χ0n) is 22.6. The highest BCUT2D eigenvalue weighted by atomic mass is 32.2. The van der Waals surface area contributed by atoms with Crippen molar-refractivity contribution in [2.45, 2.75) is 73.8 Å². The number of nitrogens with one attached hydrogen (secondary N) is 3. The van der Waals surface area contributed by atoms with Crippen molar-refractivity contribution in [3.8, 4) is 5.75 Å². The van der Waals surface area contributed by atoms with E-state index in [1.807, 2.05) is 41.5 Å². The van der Waals surface area contributed by atoms with Crippen LogP contribution < -0.4 is 16.2 Å². The Hall–Kier alpha value is -2.77. The Morgan fingerprint density at radius 2 is 1.40 bits per heavy atom. The predicted octanol–water partition coefficient (Wildman–Crippen LogP) is 8.21. The van der Waals surface area contributed by atoms with Gasteiger partial charge < -0.3 is 15.8 Å². The summed E-state index contributed by atoms with van der Waals surface area (Å²) in [7, 11) is 0. The van der Waals surface area contributed by atoms with Crippen LogP contribution in [0.25, 0.3) is 0 Å². The molecule has 1 atom stereocenters. The van der Waals surface area contributed by atoms with E-state index in [4.69, 9.17) is 0 Å². The number of halogens is 6. The van der Waals surface area contributed by atoms with E-state index in [0.717, 1.165) is 12.1 Å². The molecule has 1 aromatic heterocycles. The number of pyridine rings is 1. The number of phenolic OH excluding ortho intramolecular Hbond substituents is 1. The number of alkyl halides is 3. The molecule has 0 aliphatic heterocycles. The lowest BCUT2D eigenvalue weighted by molar-refractivity contribution is -0.137. The van der Waals surface area contributed by atoms with Crippen molar-refractivity contribution in [1.82, 2.24) is 10.4 Å². The monoisotopic (exact) mass is 604 g/mol. The molecule has 0 saturated carbocycles. The third kappa shape index (κ3) is 7.49. The molecule has 1 heterocycles. The quantitative estimate of drug-likeness (QED) is 0.0616. The van der Waals surface area contributed by atoms with Crippen LogP contribution in [0.3, 0.4) is 0 Å². The van der Waals surface area contributed by atoms with Crippen molar-refractivity contribution < 1.29 is 31.4 Å². The first-order valence-electron chi connectivity index (χ1n) is 12.0. The van der Waals surface area contributed by atoms with E-state index in [9.17, 15) is 27.1 Å². The fraction of sp³-hybridized carbons (Fsp3) is 0.370. The fourth-order valence-electron chi connectivity index (χ4n) is 3.68. The summed E-state index contributed by atoms with van der Waals surface area (Å²) < 4.78 is 82.8. The second kappa shape index (κ2) is 11.6. The summed E-state index contributed by atoms with van der Waals surface area (Å²) in [5.74, 6) is -4.81. The summed E-state index contributed by atoms with van der Waals surface area (Å²) in [6.45, 7) is 11.3. The maximum atomic E-state index is 15.4. The van der Waals surface area contributed by atoms with Crippen molar-refractivity contribution in [3.63, 3.8) is 0 Å². The van der Waals surface area contributed by atoms with Gasteiger partial charge in [0.15, 0.2) is 17.5 Å². The smallest absolute Gasteiger partial charge is 0.416 e. The van der Waals surface area contributed by atoms with Gasteiger partial charge in [-0.15, -0.1) is 12.6 Å². The number of rotatable bonds is 7. The van der Waals surface area contributed by atoms with E-state index in [1.54, 1.807) is 12.1 Å². The van der Waals surface area contributed by atoms with Gasteiger partial charge in [0.1, 0.15) is 11.2 Å². The van der Waals surface area contributed by atoms with Gasteiger partial charge in [-0.25, -0.2) is 14.2 Å². The van der Waals surface area contributed by atoms with Gasteiger partial charge >= 0.3 is 6.18 Å². The molecule has 0 aliphatic carbocycles. The lowest BCUT2D eigenvalue weighted by atomic mass is 9.79. The zero-order chi connectivity index (χ0) is 30.2. The van der Waals surface area contributed by atoms with E-state index in [0.29, 0.717) is 27.8 Å². The lowest BCUT2D eigenvalue weighted by Crippen LogP contribution is -2.36. The Morgan fingerprint density at radius 3 is 1.88 bits per heavy atom. The largest absolute Gasteiger partial charge is 0.507 e. The summed E-state index contributed by atoms with van der Waals surface area (Å²) in [5, 5.41) is 13.6. The molecule has 2 aromatic carbocycles. The Labute approximate surface area is 238 Å². The van der Waals surface area contributed by atoms with Crippen LogP contribution in [0.1, 0.15) is 58.2 Å². The maximum absolute atomic E-state index is 15.4. The van der Waals surface area contributed by atoms with Crippen LogP contribution in [0.5, 0.6) is 5.75 Å². The van der Waals surface area contributed by atoms with E-state index in [1.165, 1.54) is 12.1 Å². The molecule has 3 aromatic rings. The molecular formula is C27H30F6N4OS2. The van der Waals surface area contributed by atoms with Crippen LogP contribution in [0.2, 0.25) is 0 Å². The fourth-order valence-corrected chi connectivity index (χ4v) is 4.84. The topological polar surface area (TPSA) is 69.2 Å². The molecular weight excluding hydrogens is 574 g/mol. The van der Waals surface area contributed by atoms with E-state index in [-0.39, 0.29) is 11.4 Å². The van der Waals surface area contributed by atoms with Crippen LogP contribution in [-0.4, -0.2) is 15.6 Å². The number of nitrogens with zero attached hydrogens (tertiary/aromatic N) is 1. The van der Waals surface area contributed by atoms with Crippen molar-refractivity contribution in [2.75, 3.05) is 10.7 Å². The highest BCUT2D eigenvalue weighted by molar-refractivity contribution is 7.99. The maximum Gasteiger partial charge on any atom is 0.416 e. The first kappa shape index (κ1) is 31.8. The van der Waals surface area contributed by atoms with Crippen LogP contribution in [0.15, 0.2) is 46.2 Å². The number of hydrazine groups is 1. The molecule has 0 saturated heterocycles. The zero-order valence-corrected chi connectivity index (χ0v) is 24.3. The molecule has 0 spiro atoms. The third-order valence-electron chi connectivity index (χ3n) is 5.76. The molecule has 4 N–H and O–H groups in total. The van der Waals surface area contributed by atoms with E-state index < -0.39 is 56.4 Å². The van der Waals surface area contributed by atoms with E-state index >= 15 is 4.39 Å². The minimum absolute atomic E-state index is 0.0816. The first-order chi connectivity index (χ1) is 18.3. The minimum atomic E-state index is -4.49. The Bertz CT molecular complexity index is 1330. The molecule has 0 bridgehead atoms. The van der Waals surface area contributed by atoms with Gasteiger partial charge in [0.25, 0.3) is 5.95 Å². The predicted molar refractivity (Wildman–Crippen MR) is 148 cm³/mol. The molecule has 0 radical (unpaired) electrons. The first-order valence-corrected chi connectivity index (χ1v) is 13.4. The molecule has 0 fully saturated rings. The highest BCUT2D eigenvalue weighted by Gasteiger charge is 2.30. The SMILES string of the molecule is CC(C)(C)c1cc(Sc2c(F)c(F)nc(NN[C@H](S)Nc3ccc(C(F)(F)F)cc3)c2F)cc(C(C)(C)C)c1O. The van der Waals surface area contributed by atoms with Gasteiger partial charge in [0, 0.05) is 21.7 Å². The van der Waals surface area contributed by atoms with Gasteiger partial charge in [-0.3, -0.25) is 0 Å². The van der Waals surface area contributed by atoms with Crippen molar-refractivity contribution in [3.05, 3.63) is 70.7 Å².